The zero-order valence-electron chi connectivity index (χ0n) is 12.4. The van der Waals surface area contributed by atoms with Crippen LogP contribution in [0.1, 0.15) is 9.88 Å². The standard InChI is InChI=1S/C15H12F3N3OS2/c1-22-10-4-2-9(3-5-10)12-7-6-11(23-12)8-19-14-21-20-13(24-14)15(16,17)18/h2-7H,8H2,1H3,(H,19,21). The Hall–Kier alpha value is -2.13. The van der Waals surface area contributed by atoms with Crippen LogP contribution in [-0.2, 0) is 12.7 Å². The minimum Gasteiger partial charge on any atom is -0.497 e. The number of benzene rings is 1. The van der Waals surface area contributed by atoms with Gasteiger partial charge in [-0.3, -0.25) is 0 Å². The van der Waals surface area contributed by atoms with E-state index in [2.05, 4.69) is 15.5 Å². The Balaban J connectivity index is 1.64. The lowest BCUT2D eigenvalue weighted by Crippen LogP contribution is -2.03. The summed E-state index contributed by atoms with van der Waals surface area (Å²) in [5.74, 6) is 0.786. The van der Waals surface area contributed by atoms with Crippen LogP contribution in [0.15, 0.2) is 36.4 Å². The fraction of sp³-hybridized carbons (Fsp3) is 0.200. The highest BCUT2D eigenvalue weighted by Gasteiger charge is 2.35. The molecule has 0 saturated heterocycles. The summed E-state index contributed by atoms with van der Waals surface area (Å²) in [5, 5.41) is 8.73. The number of hydrogen-bond donors (Lipinski definition) is 1. The number of aromatic nitrogens is 2. The molecule has 0 spiro atoms. The van der Waals surface area contributed by atoms with E-state index in [0.717, 1.165) is 21.1 Å². The number of nitrogens with zero attached hydrogens (tertiary/aromatic N) is 2. The summed E-state index contributed by atoms with van der Waals surface area (Å²) < 4.78 is 42.6. The first kappa shape index (κ1) is 16.7. The van der Waals surface area contributed by atoms with Crippen LogP contribution in [0, 0.1) is 0 Å². The highest BCUT2D eigenvalue weighted by molar-refractivity contribution is 7.16. The third-order valence-corrected chi connectivity index (χ3v) is 5.18. The van der Waals surface area contributed by atoms with Gasteiger partial charge in [0.05, 0.1) is 13.7 Å². The minimum absolute atomic E-state index is 0.154. The van der Waals surface area contributed by atoms with Gasteiger partial charge in [0.25, 0.3) is 0 Å². The fourth-order valence-corrected chi connectivity index (χ4v) is 3.51. The maximum atomic E-state index is 12.5. The molecule has 0 aliphatic rings. The van der Waals surface area contributed by atoms with Crippen LogP contribution in [0.5, 0.6) is 5.75 Å². The number of anilines is 1. The zero-order chi connectivity index (χ0) is 17.2. The van der Waals surface area contributed by atoms with E-state index in [9.17, 15) is 13.2 Å². The lowest BCUT2D eigenvalue weighted by atomic mass is 10.2. The molecule has 126 valence electrons. The Morgan fingerprint density at radius 3 is 2.42 bits per heavy atom. The van der Waals surface area contributed by atoms with Crippen LogP contribution >= 0.6 is 22.7 Å². The molecule has 0 fully saturated rings. The molecule has 3 rings (SSSR count). The first-order valence-electron chi connectivity index (χ1n) is 6.83. The molecular formula is C15H12F3N3OS2. The zero-order valence-corrected chi connectivity index (χ0v) is 14.1. The SMILES string of the molecule is COc1ccc(-c2ccc(CNc3nnc(C(F)(F)F)s3)s2)cc1. The van der Waals surface area contributed by atoms with Crippen molar-refractivity contribution >= 4 is 27.8 Å². The van der Waals surface area contributed by atoms with E-state index in [1.165, 1.54) is 0 Å². The van der Waals surface area contributed by atoms with Crippen molar-refractivity contribution in [3.05, 3.63) is 46.3 Å². The van der Waals surface area contributed by atoms with E-state index in [1.54, 1.807) is 18.4 Å². The van der Waals surface area contributed by atoms with E-state index in [4.69, 9.17) is 4.74 Å². The highest BCUT2D eigenvalue weighted by Crippen LogP contribution is 2.34. The Labute approximate surface area is 143 Å². The quantitative estimate of drug-likeness (QED) is 0.693. The predicted octanol–water partition coefficient (Wildman–Crippen LogP) is 4.91. The predicted molar refractivity (Wildman–Crippen MR) is 88.5 cm³/mol. The molecule has 1 N–H and O–H groups in total. The smallest absolute Gasteiger partial charge is 0.445 e. The van der Waals surface area contributed by atoms with Gasteiger partial charge < -0.3 is 10.1 Å². The molecule has 0 unspecified atom stereocenters. The summed E-state index contributed by atoms with van der Waals surface area (Å²) in [6.07, 6.45) is -4.46. The molecular weight excluding hydrogens is 359 g/mol. The van der Waals surface area contributed by atoms with E-state index >= 15 is 0 Å². The van der Waals surface area contributed by atoms with Crippen LogP contribution in [0.3, 0.4) is 0 Å². The largest absolute Gasteiger partial charge is 0.497 e. The van der Waals surface area contributed by atoms with Crippen molar-refractivity contribution in [1.82, 2.24) is 10.2 Å². The number of rotatable bonds is 5. The summed E-state index contributed by atoms with van der Waals surface area (Å²) in [6.45, 7) is 0.396. The second-order valence-electron chi connectivity index (χ2n) is 4.76. The topological polar surface area (TPSA) is 47.0 Å². The summed E-state index contributed by atoms with van der Waals surface area (Å²) in [5.41, 5.74) is 1.06. The van der Waals surface area contributed by atoms with E-state index in [0.29, 0.717) is 17.9 Å². The molecule has 0 atom stereocenters. The van der Waals surface area contributed by atoms with Gasteiger partial charge in [-0.2, -0.15) is 13.2 Å². The molecule has 2 aromatic heterocycles. The molecule has 1 aromatic carbocycles. The van der Waals surface area contributed by atoms with Gasteiger partial charge in [0.1, 0.15) is 5.75 Å². The summed E-state index contributed by atoms with van der Waals surface area (Å²) >= 11 is 2.06. The molecule has 0 saturated carbocycles. The van der Waals surface area contributed by atoms with Gasteiger partial charge >= 0.3 is 6.18 Å². The second kappa shape index (κ2) is 6.78. The van der Waals surface area contributed by atoms with Gasteiger partial charge in [0, 0.05) is 9.75 Å². The molecule has 0 radical (unpaired) electrons. The van der Waals surface area contributed by atoms with E-state index in [1.807, 2.05) is 36.4 Å². The molecule has 0 aliphatic heterocycles. The number of ether oxygens (including phenoxy) is 1. The maximum absolute atomic E-state index is 12.5. The average Bonchev–Trinajstić information content (AvgIpc) is 3.22. The summed E-state index contributed by atoms with van der Waals surface area (Å²) in [6, 6.07) is 11.6. The lowest BCUT2D eigenvalue weighted by molar-refractivity contribution is -0.138. The van der Waals surface area contributed by atoms with Crippen molar-refractivity contribution in [3.8, 4) is 16.2 Å². The molecule has 24 heavy (non-hydrogen) atoms. The van der Waals surface area contributed by atoms with Crippen LogP contribution in [0.2, 0.25) is 0 Å². The van der Waals surface area contributed by atoms with Gasteiger partial charge in [-0.1, -0.05) is 11.3 Å². The summed E-state index contributed by atoms with van der Waals surface area (Å²) in [4.78, 5) is 2.06. The van der Waals surface area contributed by atoms with Crippen LogP contribution in [0.25, 0.3) is 10.4 Å². The third kappa shape index (κ3) is 3.85. The lowest BCUT2D eigenvalue weighted by Gasteiger charge is -2.01. The third-order valence-electron chi connectivity index (χ3n) is 3.12. The normalized spacial score (nSPS) is 11.5. The van der Waals surface area contributed by atoms with Gasteiger partial charge in [0.15, 0.2) is 0 Å². The Kier molecular flexibility index (Phi) is 4.72. The second-order valence-corrected chi connectivity index (χ2v) is 6.90. The van der Waals surface area contributed by atoms with Crippen LogP contribution in [-0.4, -0.2) is 17.3 Å². The Morgan fingerprint density at radius 2 is 1.79 bits per heavy atom. The minimum atomic E-state index is -4.46. The number of hydrogen-bond acceptors (Lipinski definition) is 6. The van der Waals surface area contributed by atoms with Crippen molar-refractivity contribution in [2.75, 3.05) is 12.4 Å². The Morgan fingerprint density at radius 1 is 1.04 bits per heavy atom. The molecule has 0 aliphatic carbocycles. The molecule has 9 heteroatoms. The fourth-order valence-electron chi connectivity index (χ4n) is 1.96. The highest BCUT2D eigenvalue weighted by atomic mass is 32.1. The molecule has 4 nitrogen and oxygen atoms in total. The monoisotopic (exact) mass is 371 g/mol. The number of methoxy groups -OCH3 is 1. The van der Waals surface area contributed by atoms with Crippen LogP contribution in [0.4, 0.5) is 18.3 Å². The van der Waals surface area contributed by atoms with Gasteiger partial charge in [0.2, 0.25) is 10.1 Å². The average molecular weight is 371 g/mol. The number of nitrogens with one attached hydrogen (secondary N) is 1. The van der Waals surface area contributed by atoms with E-state index < -0.39 is 11.2 Å². The molecule has 3 aromatic rings. The van der Waals surface area contributed by atoms with Crippen molar-refractivity contribution in [1.29, 1.82) is 0 Å². The summed E-state index contributed by atoms with van der Waals surface area (Å²) in [7, 11) is 1.61. The number of thiophene rings is 1. The molecule has 2 heterocycles. The molecule has 0 bridgehead atoms. The van der Waals surface area contributed by atoms with Crippen molar-refractivity contribution in [2.24, 2.45) is 0 Å². The van der Waals surface area contributed by atoms with Crippen molar-refractivity contribution in [3.63, 3.8) is 0 Å². The first-order valence-corrected chi connectivity index (χ1v) is 8.47. The number of alkyl halides is 3. The van der Waals surface area contributed by atoms with Gasteiger partial charge in [-0.05, 0) is 42.0 Å². The van der Waals surface area contributed by atoms with Gasteiger partial charge in [-0.15, -0.1) is 21.5 Å². The van der Waals surface area contributed by atoms with Crippen molar-refractivity contribution in [2.45, 2.75) is 12.7 Å². The molecule has 0 amide bonds. The van der Waals surface area contributed by atoms with Gasteiger partial charge in [-0.25, -0.2) is 0 Å². The Bertz CT molecular complexity index is 812. The van der Waals surface area contributed by atoms with Crippen LogP contribution < -0.4 is 10.1 Å². The number of halogens is 3. The van der Waals surface area contributed by atoms with E-state index in [-0.39, 0.29) is 5.13 Å². The van der Waals surface area contributed by atoms with Crippen molar-refractivity contribution < 1.29 is 17.9 Å². The maximum Gasteiger partial charge on any atom is 0.445 e. The first-order chi connectivity index (χ1) is 11.5.